The Kier molecular flexibility index (Phi) is 5.34. The molecule has 7 heteroatoms. The van der Waals surface area contributed by atoms with Crippen LogP contribution in [-0.4, -0.2) is 32.0 Å². The first-order chi connectivity index (χ1) is 12.0. The molecule has 1 saturated carbocycles. The van der Waals surface area contributed by atoms with Crippen molar-refractivity contribution in [3.8, 4) is 0 Å². The van der Waals surface area contributed by atoms with E-state index in [1.165, 1.54) is 12.5 Å². The first kappa shape index (κ1) is 17.8. The summed E-state index contributed by atoms with van der Waals surface area (Å²) in [7, 11) is -3.99. The quantitative estimate of drug-likeness (QED) is 0.884. The minimum absolute atomic E-state index is 0.00369. The number of hydrogen-bond donors (Lipinski definition) is 1. The topological polar surface area (TPSA) is 85.4 Å². The maximum absolute atomic E-state index is 12.6. The highest BCUT2D eigenvalue weighted by Crippen LogP contribution is 2.22. The van der Waals surface area contributed by atoms with Gasteiger partial charge in [0.05, 0.1) is 11.6 Å². The average Bonchev–Trinajstić information content (AvgIpc) is 2.59. The van der Waals surface area contributed by atoms with Gasteiger partial charge in [0.15, 0.2) is 0 Å². The van der Waals surface area contributed by atoms with E-state index in [1.54, 1.807) is 18.3 Å². The molecule has 134 valence electrons. The van der Waals surface area contributed by atoms with E-state index in [0.29, 0.717) is 10.9 Å². The first-order valence-corrected chi connectivity index (χ1v) is 9.97. The zero-order valence-electron chi connectivity index (χ0n) is 14.2. The number of aryl methyl sites for hydroxylation is 1. The van der Waals surface area contributed by atoms with Crippen LogP contribution in [0.5, 0.6) is 0 Å². The summed E-state index contributed by atoms with van der Waals surface area (Å²) in [5.74, 6) is -0.658. The second-order valence-electron chi connectivity index (χ2n) is 6.44. The maximum Gasteiger partial charge on any atom is 0.266 e. The van der Waals surface area contributed by atoms with Crippen molar-refractivity contribution in [3.05, 3.63) is 36.0 Å². The summed E-state index contributed by atoms with van der Waals surface area (Å²) < 4.78 is 32.8. The van der Waals surface area contributed by atoms with Gasteiger partial charge < -0.3 is 4.74 Å². The molecule has 1 aliphatic rings. The number of nitrogens with zero attached hydrogens (tertiary/aromatic N) is 1. The molecule has 1 aliphatic carbocycles. The van der Waals surface area contributed by atoms with Gasteiger partial charge in [-0.15, -0.1) is 0 Å². The number of para-hydroxylation sites is 1. The Morgan fingerprint density at radius 2 is 2.04 bits per heavy atom. The number of carbonyl (C=O) groups excluding carboxylic acids is 1. The predicted molar refractivity (Wildman–Crippen MR) is 94.6 cm³/mol. The largest absolute Gasteiger partial charge is 0.368 e. The Morgan fingerprint density at radius 3 is 2.80 bits per heavy atom. The number of hydrogen-bond acceptors (Lipinski definition) is 5. The summed E-state index contributed by atoms with van der Waals surface area (Å²) in [6, 6.07) is 6.74. The van der Waals surface area contributed by atoms with Gasteiger partial charge >= 0.3 is 0 Å². The van der Waals surface area contributed by atoms with E-state index in [0.717, 1.165) is 31.2 Å². The lowest BCUT2D eigenvalue weighted by atomic mass is 9.98. The van der Waals surface area contributed by atoms with Gasteiger partial charge in [0.1, 0.15) is 11.5 Å². The Morgan fingerprint density at radius 1 is 1.28 bits per heavy atom. The van der Waals surface area contributed by atoms with Crippen molar-refractivity contribution in [1.82, 2.24) is 9.71 Å². The molecule has 0 radical (unpaired) electrons. The average molecular weight is 362 g/mol. The lowest BCUT2D eigenvalue weighted by Crippen LogP contribution is -2.35. The van der Waals surface area contributed by atoms with E-state index in [-0.39, 0.29) is 17.6 Å². The molecule has 1 aromatic carbocycles. The lowest BCUT2D eigenvalue weighted by Gasteiger charge is -2.21. The molecule has 0 saturated heterocycles. The SMILES string of the molecule is Cc1cnc2c(S(=O)(=O)NC(=O)COC3CCCCC3)cccc2c1. The normalized spacial score (nSPS) is 16.0. The molecule has 1 N–H and O–H groups in total. The lowest BCUT2D eigenvalue weighted by molar-refractivity contribution is -0.126. The fourth-order valence-corrected chi connectivity index (χ4v) is 4.27. The van der Waals surface area contributed by atoms with Gasteiger partial charge in [0, 0.05) is 11.6 Å². The molecule has 1 amide bonds. The molecule has 1 fully saturated rings. The maximum atomic E-state index is 12.6. The fourth-order valence-electron chi connectivity index (χ4n) is 3.12. The number of sulfonamides is 1. The molecule has 1 heterocycles. The van der Waals surface area contributed by atoms with Crippen molar-refractivity contribution in [2.24, 2.45) is 0 Å². The fraction of sp³-hybridized carbons (Fsp3) is 0.444. The van der Waals surface area contributed by atoms with Gasteiger partial charge in [-0.1, -0.05) is 31.4 Å². The number of benzene rings is 1. The molecule has 2 aromatic rings. The van der Waals surface area contributed by atoms with Crippen molar-refractivity contribution in [2.45, 2.75) is 50.0 Å². The molecule has 0 aliphatic heterocycles. The van der Waals surface area contributed by atoms with E-state index >= 15 is 0 Å². The number of fused-ring (bicyclic) bond motifs is 1. The van der Waals surface area contributed by atoms with Gasteiger partial charge in [0.25, 0.3) is 15.9 Å². The summed E-state index contributed by atoms with van der Waals surface area (Å²) in [6.07, 6.45) is 6.87. The summed E-state index contributed by atoms with van der Waals surface area (Å²) in [5, 5.41) is 0.716. The van der Waals surface area contributed by atoms with Crippen LogP contribution >= 0.6 is 0 Å². The van der Waals surface area contributed by atoms with Crippen molar-refractivity contribution in [3.63, 3.8) is 0 Å². The van der Waals surface area contributed by atoms with Crippen molar-refractivity contribution in [1.29, 1.82) is 0 Å². The third-order valence-corrected chi connectivity index (χ3v) is 5.76. The monoisotopic (exact) mass is 362 g/mol. The van der Waals surface area contributed by atoms with Crippen molar-refractivity contribution >= 4 is 26.8 Å². The van der Waals surface area contributed by atoms with Gasteiger partial charge in [-0.25, -0.2) is 13.1 Å². The van der Waals surface area contributed by atoms with E-state index in [9.17, 15) is 13.2 Å². The van der Waals surface area contributed by atoms with E-state index < -0.39 is 15.9 Å². The highest BCUT2D eigenvalue weighted by atomic mass is 32.2. The zero-order valence-corrected chi connectivity index (χ0v) is 15.0. The van der Waals surface area contributed by atoms with Crippen molar-refractivity contribution < 1.29 is 17.9 Å². The molecule has 0 bridgehead atoms. The van der Waals surface area contributed by atoms with Gasteiger partial charge in [0.2, 0.25) is 0 Å². The number of ether oxygens (including phenoxy) is 1. The molecular weight excluding hydrogens is 340 g/mol. The minimum atomic E-state index is -3.99. The van der Waals surface area contributed by atoms with Crippen LogP contribution in [0.4, 0.5) is 0 Å². The third-order valence-electron chi connectivity index (χ3n) is 4.35. The van der Waals surface area contributed by atoms with Crippen LogP contribution in [0.25, 0.3) is 10.9 Å². The third kappa shape index (κ3) is 4.35. The zero-order chi connectivity index (χ0) is 17.9. The van der Waals surface area contributed by atoms with Crippen LogP contribution in [0.2, 0.25) is 0 Å². The minimum Gasteiger partial charge on any atom is -0.368 e. The number of nitrogens with one attached hydrogen (secondary N) is 1. The predicted octanol–water partition coefficient (Wildman–Crippen LogP) is 2.70. The van der Waals surface area contributed by atoms with Crippen LogP contribution in [0.3, 0.4) is 0 Å². The summed E-state index contributed by atoms with van der Waals surface area (Å²) in [6.45, 7) is 1.64. The highest BCUT2D eigenvalue weighted by molar-refractivity contribution is 7.90. The number of rotatable bonds is 5. The molecule has 0 atom stereocenters. The van der Waals surface area contributed by atoms with Crippen LogP contribution in [0.15, 0.2) is 35.4 Å². The molecule has 0 unspecified atom stereocenters. The van der Waals surface area contributed by atoms with E-state index in [4.69, 9.17) is 4.74 Å². The molecule has 25 heavy (non-hydrogen) atoms. The highest BCUT2D eigenvalue weighted by Gasteiger charge is 2.22. The Bertz CT molecular complexity index is 874. The Balaban J connectivity index is 1.72. The number of aromatic nitrogens is 1. The van der Waals surface area contributed by atoms with Gasteiger partial charge in [-0.05, 0) is 37.5 Å². The smallest absolute Gasteiger partial charge is 0.266 e. The summed E-state index contributed by atoms with van der Waals surface area (Å²) >= 11 is 0. The molecular formula is C18H22N2O4S. The molecule has 6 nitrogen and oxygen atoms in total. The van der Waals surface area contributed by atoms with Crippen molar-refractivity contribution in [2.75, 3.05) is 6.61 Å². The van der Waals surface area contributed by atoms with Crippen LogP contribution in [0.1, 0.15) is 37.7 Å². The Labute approximate surface area is 147 Å². The second-order valence-corrected chi connectivity index (χ2v) is 8.09. The molecule has 0 spiro atoms. The Hall–Kier alpha value is -1.99. The van der Waals surface area contributed by atoms with Gasteiger partial charge in [-0.3, -0.25) is 9.78 Å². The number of carbonyl (C=O) groups is 1. The molecule has 1 aromatic heterocycles. The number of amides is 1. The van der Waals surface area contributed by atoms with Crippen LogP contribution in [0, 0.1) is 6.92 Å². The van der Waals surface area contributed by atoms with Crippen LogP contribution < -0.4 is 4.72 Å². The molecule has 3 rings (SSSR count). The first-order valence-electron chi connectivity index (χ1n) is 8.48. The van der Waals surface area contributed by atoms with Crippen LogP contribution in [-0.2, 0) is 19.6 Å². The van der Waals surface area contributed by atoms with E-state index in [2.05, 4.69) is 9.71 Å². The number of pyridine rings is 1. The second kappa shape index (κ2) is 7.49. The van der Waals surface area contributed by atoms with Gasteiger partial charge in [-0.2, -0.15) is 0 Å². The standard InChI is InChI=1S/C18H22N2O4S/c1-13-10-14-6-5-9-16(18(14)19-11-13)25(22,23)20-17(21)12-24-15-7-3-2-4-8-15/h5-6,9-11,15H,2-4,7-8,12H2,1H3,(H,20,21). The summed E-state index contributed by atoms with van der Waals surface area (Å²) in [5.41, 5.74) is 1.29. The van der Waals surface area contributed by atoms with E-state index in [1.807, 2.05) is 13.0 Å². The summed E-state index contributed by atoms with van der Waals surface area (Å²) in [4.78, 5) is 16.2.